The highest BCUT2D eigenvalue weighted by molar-refractivity contribution is 6.04. The third-order valence-corrected chi connectivity index (χ3v) is 4.59. The molecule has 130 valence electrons. The molecule has 0 saturated heterocycles. The lowest BCUT2D eigenvalue weighted by Gasteiger charge is -2.31. The second-order valence-electron chi connectivity index (χ2n) is 6.42. The zero-order valence-electron chi connectivity index (χ0n) is 13.5. The third-order valence-electron chi connectivity index (χ3n) is 4.59. The van der Waals surface area contributed by atoms with E-state index >= 15 is 0 Å². The van der Waals surface area contributed by atoms with Gasteiger partial charge in [-0.1, -0.05) is 6.42 Å². The molecular weight excluding hydrogens is 328 g/mol. The Hall–Kier alpha value is -2.63. The van der Waals surface area contributed by atoms with Crippen LogP contribution in [-0.4, -0.2) is 11.7 Å². The Labute approximate surface area is 143 Å². The Kier molecular flexibility index (Phi) is 3.82. The minimum Gasteiger partial charge on any atom is -0.448 e. The smallest absolute Gasteiger partial charge is 0.255 e. The maximum Gasteiger partial charge on any atom is 0.255 e. The lowest BCUT2D eigenvalue weighted by atomic mass is 9.94. The van der Waals surface area contributed by atoms with E-state index in [2.05, 4.69) is 5.32 Å². The molecule has 1 amide bonds. The monoisotopic (exact) mass is 345 g/mol. The fourth-order valence-electron chi connectivity index (χ4n) is 3.31. The minimum absolute atomic E-state index is 0.0420. The van der Waals surface area contributed by atoms with Crippen LogP contribution in [0.3, 0.4) is 0 Å². The zero-order chi connectivity index (χ0) is 17.4. The SMILES string of the molecule is O=C(Nc1ccc2c(c1)OC1(CCCCC1)O2)c1ccc(F)c(F)c1. The van der Waals surface area contributed by atoms with Gasteiger partial charge in [0.15, 0.2) is 23.1 Å². The highest BCUT2D eigenvalue weighted by Crippen LogP contribution is 2.46. The fourth-order valence-corrected chi connectivity index (χ4v) is 3.31. The Morgan fingerprint density at radius 2 is 1.68 bits per heavy atom. The number of ether oxygens (including phenoxy) is 2. The summed E-state index contributed by atoms with van der Waals surface area (Å²) >= 11 is 0. The summed E-state index contributed by atoms with van der Waals surface area (Å²) in [6, 6.07) is 8.17. The van der Waals surface area contributed by atoms with Gasteiger partial charge in [0.2, 0.25) is 0 Å². The van der Waals surface area contributed by atoms with Crippen molar-refractivity contribution in [3.63, 3.8) is 0 Å². The van der Waals surface area contributed by atoms with E-state index in [4.69, 9.17) is 9.47 Å². The normalized spacial score (nSPS) is 17.5. The van der Waals surface area contributed by atoms with Crippen LogP contribution < -0.4 is 14.8 Å². The minimum atomic E-state index is -1.06. The van der Waals surface area contributed by atoms with Gasteiger partial charge in [-0.3, -0.25) is 4.79 Å². The predicted octanol–water partition coefficient (Wildman–Crippen LogP) is 4.65. The Bertz CT molecular complexity index is 831. The molecule has 4 nitrogen and oxygen atoms in total. The van der Waals surface area contributed by atoms with Crippen LogP contribution >= 0.6 is 0 Å². The van der Waals surface area contributed by atoms with E-state index < -0.39 is 23.3 Å². The first-order valence-corrected chi connectivity index (χ1v) is 8.33. The Morgan fingerprint density at radius 3 is 2.44 bits per heavy atom. The zero-order valence-corrected chi connectivity index (χ0v) is 13.5. The number of hydrogen-bond donors (Lipinski definition) is 1. The molecule has 0 bridgehead atoms. The molecule has 1 saturated carbocycles. The summed E-state index contributed by atoms with van der Waals surface area (Å²) in [4.78, 5) is 12.2. The van der Waals surface area contributed by atoms with Crippen molar-refractivity contribution >= 4 is 11.6 Å². The third kappa shape index (κ3) is 3.04. The Morgan fingerprint density at radius 1 is 0.920 bits per heavy atom. The molecule has 0 atom stereocenters. The number of amides is 1. The van der Waals surface area contributed by atoms with Crippen molar-refractivity contribution in [2.45, 2.75) is 37.9 Å². The number of anilines is 1. The van der Waals surface area contributed by atoms with Crippen LogP contribution in [0.4, 0.5) is 14.5 Å². The predicted molar refractivity (Wildman–Crippen MR) is 87.8 cm³/mol. The standard InChI is InChI=1S/C19H17F2NO3/c20-14-6-4-12(10-15(14)21)18(23)22-13-5-7-16-17(11-13)25-19(24-16)8-2-1-3-9-19/h4-7,10-11H,1-3,8-9H2,(H,22,23). The molecule has 2 aromatic rings. The van der Waals surface area contributed by atoms with Crippen molar-refractivity contribution in [2.75, 3.05) is 5.32 Å². The van der Waals surface area contributed by atoms with Gasteiger partial charge in [-0.2, -0.15) is 0 Å². The molecule has 25 heavy (non-hydrogen) atoms. The van der Waals surface area contributed by atoms with E-state index in [1.54, 1.807) is 18.2 Å². The van der Waals surface area contributed by atoms with Crippen molar-refractivity contribution in [1.82, 2.24) is 0 Å². The van der Waals surface area contributed by atoms with Gasteiger partial charge in [0, 0.05) is 30.2 Å². The highest BCUT2D eigenvalue weighted by atomic mass is 19.2. The van der Waals surface area contributed by atoms with Crippen LogP contribution in [0.25, 0.3) is 0 Å². The summed E-state index contributed by atoms with van der Waals surface area (Å²) in [5.41, 5.74) is 0.547. The van der Waals surface area contributed by atoms with E-state index in [9.17, 15) is 13.6 Å². The van der Waals surface area contributed by atoms with Crippen LogP contribution in [0.1, 0.15) is 42.5 Å². The average Bonchev–Trinajstić information content (AvgIpc) is 2.94. The number of fused-ring (bicyclic) bond motifs is 1. The summed E-state index contributed by atoms with van der Waals surface area (Å²) in [7, 11) is 0. The van der Waals surface area contributed by atoms with Crippen LogP contribution in [0, 0.1) is 11.6 Å². The topological polar surface area (TPSA) is 47.6 Å². The summed E-state index contributed by atoms with van der Waals surface area (Å²) in [5.74, 6) is -1.90. The van der Waals surface area contributed by atoms with Gasteiger partial charge in [-0.25, -0.2) is 8.78 Å². The maximum atomic E-state index is 13.3. The maximum absolute atomic E-state index is 13.3. The molecule has 1 aliphatic heterocycles. The number of carbonyl (C=O) groups is 1. The van der Waals surface area contributed by atoms with Crippen molar-refractivity contribution < 1.29 is 23.0 Å². The van der Waals surface area contributed by atoms with Crippen LogP contribution in [0.15, 0.2) is 36.4 Å². The molecule has 6 heteroatoms. The van der Waals surface area contributed by atoms with Crippen LogP contribution in [0.5, 0.6) is 11.5 Å². The molecule has 0 unspecified atom stereocenters. The molecule has 4 rings (SSSR count). The molecule has 1 heterocycles. The average molecular weight is 345 g/mol. The van der Waals surface area contributed by atoms with Crippen LogP contribution in [0.2, 0.25) is 0 Å². The van der Waals surface area contributed by atoms with Gasteiger partial charge in [0.05, 0.1) is 0 Å². The van der Waals surface area contributed by atoms with E-state index in [0.29, 0.717) is 17.2 Å². The fraction of sp³-hybridized carbons (Fsp3) is 0.316. The van der Waals surface area contributed by atoms with Crippen LogP contribution in [-0.2, 0) is 0 Å². The van der Waals surface area contributed by atoms with Gasteiger partial charge < -0.3 is 14.8 Å². The number of benzene rings is 2. The second kappa shape index (κ2) is 6.02. The van der Waals surface area contributed by atoms with Crippen molar-refractivity contribution in [3.05, 3.63) is 53.6 Å². The molecular formula is C19H17F2NO3. The number of hydrogen-bond acceptors (Lipinski definition) is 3. The molecule has 1 fully saturated rings. The molecule has 0 aromatic heterocycles. The first-order valence-electron chi connectivity index (χ1n) is 8.33. The van der Waals surface area contributed by atoms with Crippen molar-refractivity contribution in [2.24, 2.45) is 0 Å². The van der Waals surface area contributed by atoms with Crippen molar-refractivity contribution in [1.29, 1.82) is 0 Å². The molecule has 1 N–H and O–H groups in total. The molecule has 2 aromatic carbocycles. The number of halogens is 2. The lowest BCUT2D eigenvalue weighted by molar-refractivity contribution is -0.105. The number of carbonyl (C=O) groups excluding carboxylic acids is 1. The van der Waals surface area contributed by atoms with Gasteiger partial charge in [-0.05, 0) is 43.2 Å². The number of nitrogens with one attached hydrogen (secondary N) is 1. The molecule has 1 aliphatic carbocycles. The van der Waals surface area contributed by atoms with Gasteiger partial charge >= 0.3 is 0 Å². The number of rotatable bonds is 2. The molecule has 1 spiro atoms. The van der Waals surface area contributed by atoms with Gasteiger partial charge in [0.1, 0.15) is 0 Å². The van der Waals surface area contributed by atoms with Gasteiger partial charge in [0.25, 0.3) is 11.7 Å². The first kappa shape index (κ1) is 15.9. The largest absolute Gasteiger partial charge is 0.448 e. The summed E-state index contributed by atoms with van der Waals surface area (Å²) < 4.78 is 38.2. The quantitative estimate of drug-likeness (QED) is 0.862. The van der Waals surface area contributed by atoms with Gasteiger partial charge in [-0.15, -0.1) is 0 Å². The Balaban J connectivity index is 1.51. The van der Waals surface area contributed by atoms with E-state index in [-0.39, 0.29) is 5.56 Å². The van der Waals surface area contributed by atoms with E-state index in [0.717, 1.165) is 37.8 Å². The van der Waals surface area contributed by atoms with E-state index in [1.807, 2.05) is 0 Å². The van der Waals surface area contributed by atoms with E-state index in [1.165, 1.54) is 12.5 Å². The molecule has 2 aliphatic rings. The highest BCUT2D eigenvalue weighted by Gasteiger charge is 2.42. The molecule has 0 radical (unpaired) electrons. The lowest BCUT2D eigenvalue weighted by Crippen LogP contribution is -2.40. The first-order chi connectivity index (χ1) is 12.0. The summed E-state index contributed by atoms with van der Waals surface area (Å²) in [5, 5.41) is 2.66. The van der Waals surface area contributed by atoms with Crippen molar-refractivity contribution in [3.8, 4) is 11.5 Å². The summed E-state index contributed by atoms with van der Waals surface area (Å²) in [6.07, 6.45) is 5.00. The summed E-state index contributed by atoms with van der Waals surface area (Å²) in [6.45, 7) is 0. The second-order valence-corrected chi connectivity index (χ2v) is 6.42.